The molecule has 0 aliphatic heterocycles. The molecule has 0 spiro atoms. The summed E-state index contributed by atoms with van der Waals surface area (Å²) in [5.74, 6) is 0.419. The van der Waals surface area contributed by atoms with Crippen LogP contribution in [-0.2, 0) is 9.53 Å². The van der Waals surface area contributed by atoms with E-state index in [0.717, 1.165) is 19.5 Å². The molecular weight excluding hydrogens is 264 g/mol. The number of amides is 1. The van der Waals surface area contributed by atoms with Gasteiger partial charge >= 0.3 is 0 Å². The summed E-state index contributed by atoms with van der Waals surface area (Å²) in [6.45, 7) is 7.15. The van der Waals surface area contributed by atoms with Gasteiger partial charge in [-0.1, -0.05) is 36.8 Å². The zero-order chi connectivity index (χ0) is 15.5. The Hall–Kier alpha value is -1.39. The van der Waals surface area contributed by atoms with E-state index in [4.69, 9.17) is 4.74 Å². The maximum absolute atomic E-state index is 12.0. The fourth-order valence-electron chi connectivity index (χ4n) is 2.22. The Bertz CT molecular complexity index is 404. The molecule has 0 radical (unpaired) electrons. The van der Waals surface area contributed by atoms with Gasteiger partial charge in [-0.2, -0.15) is 0 Å². The first-order valence-corrected chi connectivity index (χ1v) is 7.70. The van der Waals surface area contributed by atoms with Gasteiger partial charge in [0, 0.05) is 33.2 Å². The molecule has 0 bridgehead atoms. The van der Waals surface area contributed by atoms with Gasteiger partial charge in [-0.25, -0.2) is 0 Å². The summed E-state index contributed by atoms with van der Waals surface area (Å²) in [6, 6.07) is 8.47. The number of ether oxygens (including phenoxy) is 1. The molecule has 2 N–H and O–H groups in total. The summed E-state index contributed by atoms with van der Waals surface area (Å²) >= 11 is 0. The van der Waals surface area contributed by atoms with Crippen molar-refractivity contribution in [2.75, 3.05) is 33.4 Å². The van der Waals surface area contributed by atoms with E-state index in [9.17, 15) is 4.79 Å². The molecule has 0 heterocycles. The lowest BCUT2D eigenvalue weighted by Gasteiger charge is -2.15. The van der Waals surface area contributed by atoms with Gasteiger partial charge in [-0.3, -0.25) is 4.79 Å². The fourth-order valence-corrected chi connectivity index (χ4v) is 2.22. The molecule has 0 aliphatic rings. The molecule has 1 unspecified atom stereocenters. The van der Waals surface area contributed by atoms with Gasteiger partial charge in [0.05, 0.1) is 6.61 Å². The summed E-state index contributed by atoms with van der Waals surface area (Å²) in [7, 11) is 1.68. The third-order valence-corrected chi connectivity index (χ3v) is 3.58. The van der Waals surface area contributed by atoms with Crippen LogP contribution in [0.4, 0.5) is 0 Å². The smallest absolute Gasteiger partial charge is 0.220 e. The Balaban J connectivity index is 2.29. The Morgan fingerprint density at radius 2 is 1.90 bits per heavy atom. The molecule has 1 aromatic rings. The average Bonchev–Trinajstić information content (AvgIpc) is 2.49. The Morgan fingerprint density at radius 3 is 2.52 bits per heavy atom. The number of rotatable bonds is 10. The highest BCUT2D eigenvalue weighted by molar-refractivity contribution is 5.76. The van der Waals surface area contributed by atoms with Crippen molar-refractivity contribution in [2.24, 2.45) is 0 Å². The molecule has 118 valence electrons. The SMILES string of the molecule is CCC(CC(=O)NCCNCCOC)c1ccc(C)cc1. The van der Waals surface area contributed by atoms with Crippen molar-refractivity contribution in [3.8, 4) is 0 Å². The van der Waals surface area contributed by atoms with E-state index in [1.165, 1.54) is 11.1 Å². The van der Waals surface area contributed by atoms with Crippen molar-refractivity contribution in [1.82, 2.24) is 10.6 Å². The molecule has 0 aromatic heterocycles. The molecule has 0 fully saturated rings. The minimum Gasteiger partial charge on any atom is -0.383 e. The molecule has 1 amide bonds. The molecule has 21 heavy (non-hydrogen) atoms. The van der Waals surface area contributed by atoms with Gasteiger partial charge in [-0.05, 0) is 24.8 Å². The van der Waals surface area contributed by atoms with Crippen LogP contribution in [-0.4, -0.2) is 39.3 Å². The second kappa shape index (κ2) is 10.4. The topological polar surface area (TPSA) is 50.4 Å². The summed E-state index contributed by atoms with van der Waals surface area (Å²) in [5.41, 5.74) is 2.50. The number of aryl methyl sites for hydroxylation is 1. The van der Waals surface area contributed by atoms with Crippen LogP contribution < -0.4 is 10.6 Å². The molecule has 1 rings (SSSR count). The number of carbonyl (C=O) groups excluding carboxylic acids is 1. The van der Waals surface area contributed by atoms with Crippen molar-refractivity contribution < 1.29 is 9.53 Å². The number of hydrogen-bond acceptors (Lipinski definition) is 3. The van der Waals surface area contributed by atoms with Crippen LogP contribution in [0.25, 0.3) is 0 Å². The third-order valence-electron chi connectivity index (χ3n) is 3.58. The highest BCUT2D eigenvalue weighted by atomic mass is 16.5. The van der Waals surface area contributed by atoms with Crippen LogP contribution in [0.15, 0.2) is 24.3 Å². The van der Waals surface area contributed by atoms with Crippen molar-refractivity contribution >= 4 is 5.91 Å². The molecule has 0 aliphatic carbocycles. The van der Waals surface area contributed by atoms with Crippen molar-refractivity contribution in [3.05, 3.63) is 35.4 Å². The molecule has 1 atom stereocenters. The Labute approximate surface area is 128 Å². The molecule has 1 aromatic carbocycles. The van der Waals surface area contributed by atoms with E-state index in [1.54, 1.807) is 7.11 Å². The summed E-state index contributed by atoms with van der Waals surface area (Å²) < 4.78 is 4.94. The van der Waals surface area contributed by atoms with Crippen LogP contribution in [0.5, 0.6) is 0 Å². The third kappa shape index (κ3) is 7.25. The zero-order valence-corrected chi connectivity index (χ0v) is 13.4. The van der Waals surface area contributed by atoms with Gasteiger partial charge in [0.2, 0.25) is 5.91 Å². The molecule has 4 heteroatoms. The quantitative estimate of drug-likeness (QED) is 0.650. The number of benzene rings is 1. The van der Waals surface area contributed by atoms with Crippen LogP contribution in [0.2, 0.25) is 0 Å². The second-order valence-corrected chi connectivity index (χ2v) is 5.31. The predicted octanol–water partition coefficient (Wildman–Crippen LogP) is 2.23. The molecular formula is C17H28N2O2. The maximum Gasteiger partial charge on any atom is 0.220 e. The molecule has 0 saturated carbocycles. The van der Waals surface area contributed by atoms with Crippen LogP contribution in [0.3, 0.4) is 0 Å². The molecule has 4 nitrogen and oxygen atoms in total. The number of carbonyl (C=O) groups is 1. The second-order valence-electron chi connectivity index (χ2n) is 5.31. The van der Waals surface area contributed by atoms with Crippen LogP contribution >= 0.6 is 0 Å². The maximum atomic E-state index is 12.0. The molecule has 0 saturated heterocycles. The normalized spacial score (nSPS) is 12.1. The first kappa shape index (κ1) is 17.7. The number of methoxy groups -OCH3 is 1. The zero-order valence-electron chi connectivity index (χ0n) is 13.4. The monoisotopic (exact) mass is 292 g/mol. The fraction of sp³-hybridized carbons (Fsp3) is 0.588. The lowest BCUT2D eigenvalue weighted by Crippen LogP contribution is -2.33. The Kier molecular flexibility index (Phi) is 8.71. The first-order valence-electron chi connectivity index (χ1n) is 7.70. The van der Waals surface area contributed by atoms with Gasteiger partial charge in [-0.15, -0.1) is 0 Å². The summed E-state index contributed by atoms with van der Waals surface area (Å²) in [6.07, 6.45) is 1.53. The number of hydrogen-bond donors (Lipinski definition) is 2. The van der Waals surface area contributed by atoms with E-state index in [2.05, 4.69) is 48.7 Å². The predicted molar refractivity (Wildman–Crippen MR) is 86.6 cm³/mol. The van der Waals surface area contributed by atoms with E-state index in [0.29, 0.717) is 25.5 Å². The minimum atomic E-state index is 0.121. The highest BCUT2D eigenvalue weighted by Gasteiger charge is 2.13. The lowest BCUT2D eigenvalue weighted by molar-refractivity contribution is -0.121. The van der Waals surface area contributed by atoms with Crippen LogP contribution in [0, 0.1) is 6.92 Å². The van der Waals surface area contributed by atoms with E-state index in [1.807, 2.05) is 0 Å². The lowest BCUT2D eigenvalue weighted by atomic mass is 9.92. The summed E-state index contributed by atoms with van der Waals surface area (Å²) in [5, 5.41) is 6.17. The van der Waals surface area contributed by atoms with Gasteiger partial charge < -0.3 is 15.4 Å². The van der Waals surface area contributed by atoms with Gasteiger partial charge in [0.25, 0.3) is 0 Å². The van der Waals surface area contributed by atoms with E-state index < -0.39 is 0 Å². The Morgan fingerprint density at radius 1 is 1.19 bits per heavy atom. The van der Waals surface area contributed by atoms with Crippen molar-refractivity contribution in [1.29, 1.82) is 0 Å². The highest BCUT2D eigenvalue weighted by Crippen LogP contribution is 2.23. The first-order chi connectivity index (χ1) is 10.2. The van der Waals surface area contributed by atoms with Gasteiger partial charge in [0.15, 0.2) is 0 Å². The summed E-state index contributed by atoms with van der Waals surface area (Å²) in [4.78, 5) is 12.0. The van der Waals surface area contributed by atoms with Crippen LogP contribution in [0.1, 0.15) is 36.8 Å². The largest absolute Gasteiger partial charge is 0.383 e. The van der Waals surface area contributed by atoms with E-state index >= 15 is 0 Å². The van der Waals surface area contributed by atoms with Crippen molar-refractivity contribution in [3.63, 3.8) is 0 Å². The minimum absolute atomic E-state index is 0.121. The average molecular weight is 292 g/mol. The standard InChI is InChI=1S/C17H28N2O2/c1-4-15(16-7-5-14(2)6-8-16)13-17(20)19-10-9-18-11-12-21-3/h5-8,15,18H,4,9-13H2,1-3H3,(H,19,20). The van der Waals surface area contributed by atoms with Crippen molar-refractivity contribution in [2.45, 2.75) is 32.6 Å². The van der Waals surface area contributed by atoms with E-state index in [-0.39, 0.29) is 5.91 Å². The van der Waals surface area contributed by atoms with Gasteiger partial charge in [0.1, 0.15) is 0 Å². The number of nitrogens with one attached hydrogen (secondary N) is 2.